The number of rotatable bonds is 6. The number of halogens is 2. The van der Waals surface area contributed by atoms with Gasteiger partial charge < -0.3 is 5.73 Å². The minimum atomic E-state index is -3.86. The van der Waals surface area contributed by atoms with Gasteiger partial charge in [-0.05, 0) is 13.8 Å². The van der Waals surface area contributed by atoms with Crippen molar-refractivity contribution in [1.29, 1.82) is 0 Å². The highest BCUT2D eigenvalue weighted by Gasteiger charge is 2.30. The molecule has 0 aliphatic carbocycles. The van der Waals surface area contributed by atoms with Crippen molar-refractivity contribution in [3.63, 3.8) is 0 Å². The lowest BCUT2D eigenvalue weighted by Gasteiger charge is -2.23. The molecule has 0 spiro atoms. The summed E-state index contributed by atoms with van der Waals surface area (Å²) in [5.74, 6) is -3.22. The smallest absolute Gasteiger partial charge is 0.279 e. The molecule has 0 bridgehead atoms. The lowest BCUT2D eigenvalue weighted by Crippen LogP contribution is -2.47. The summed E-state index contributed by atoms with van der Waals surface area (Å²) in [6.45, 7) is 1.41. The first-order valence-corrected chi connectivity index (χ1v) is 5.87. The molecule has 0 aromatic heterocycles. The summed E-state index contributed by atoms with van der Waals surface area (Å²) < 4.78 is 50.9. The van der Waals surface area contributed by atoms with Crippen molar-refractivity contribution in [3.8, 4) is 0 Å². The van der Waals surface area contributed by atoms with E-state index in [1.807, 2.05) is 0 Å². The van der Waals surface area contributed by atoms with Crippen molar-refractivity contribution in [2.45, 2.75) is 25.8 Å². The van der Waals surface area contributed by atoms with Crippen LogP contribution < -0.4 is 10.5 Å². The van der Waals surface area contributed by atoms with Gasteiger partial charge in [0, 0.05) is 13.1 Å². The van der Waals surface area contributed by atoms with Gasteiger partial charge >= 0.3 is 0 Å². The van der Waals surface area contributed by atoms with Crippen LogP contribution in [0.15, 0.2) is 0 Å². The fraction of sp³-hybridized carbons (Fsp3) is 1.00. The molecule has 0 saturated heterocycles. The molecule has 0 saturated carbocycles. The highest BCUT2D eigenvalue weighted by molar-refractivity contribution is 7.87. The Hall–Kier alpha value is -0.310. The number of nitrogens with zero attached hydrogens (tertiary/aromatic N) is 1. The number of hydrogen-bond donors (Lipinski definition) is 2. The van der Waals surface area contributed by atoms with E-state index in [1.54, 1.807) is 18.6 Å². The van der Waals surface area contributed by atoms with Crippen LogP contribution in [0.3, 0.4) is 0 Å². The van der Waals surface area contributed by atoms with Gasteiger partial charge in [-0.1, -0.05) is 0 Å². The monoisotopic (exact) mass is 245 g/mol. The predicted molar refractivity (Wildman–Crippen MR) is 53.8 cm³/mol. The molecule has 92 valence electrons. The summed E-state index contributed by atoms with van der Waals surface area (Å²) in [5, 5.41) is 0. The largest absolute Gasteiger partial charge is 0.325 e. The minimum absolute atomic E-state index is 0.297. The molecule has 0 atom stereocenters. The van der Waals surface area contributed by atoms with Crippen LogP contribution in [0.5, 0.6) is 0 Å². The van der Waals surface area contributed by atoms with Gasteiger partial charge in [0.25, 0.3) is 16.1 Å². The second kappa shape index (κ2) is 5.15. The third kappa shape index (κ3) is 4.83. The maximum Gasteiger partial charge on any atom is 0.279 e. The van der Waals surface area contributed by atoms with Gasteiger partial charge in [-0.15, -0.1) is 0 Å². The number of alkyl halides is 2. The van der Waals surface area contributed by atoms with E-state index in [9.17, 15) is 17.2 Å². The Morgan fingerprint density at radius 1 is 1.47 bits per heavy atom. The molecule has 0 aromatic rings. The maximum absolute atomic E-state index is 12.7. The predicted octanol–water partition coefficient (Wildman–Crippen LogP) is -0.245. The lowest BCUT2D eigenvalue weighted by atomic mass is 10.3. The minimum Gasteiger partial charge on any atom is -0.325 e. The molecule has 0 unspecified atom stereocenters. The van der Waals surface area contributed by atoms with Crippen LogP contribution in [-0.2, 0) is 10.2 Å². The van der Waals surface area contributed by atoms with E-state index in [2.05, 4.69) is 0 Å². The first-order valence-electron chi connectivity index (χ1n) is 4.43. The van der Waals surface area contributed by atoms with Crippen LogP contribution in [0, 0.1) is 0 Å². The van der Waals surface area contributed by atoms with Crippen LogP contribution in [0.1, 0.15) is 13.8 Å². The van der Waals surface area contributed by atoms with Gasteiger partial charge in [-0.3, -0.25) is 0 Å². The van der Waals surface area contributed by atoms with E-state index >= 15 is 0 Å². The van der Waals surface area contributed by atoms with Gasteiger partial charge in [-0.25, -0.2) is 8.78 Å². The summed E-state index contributed by atoms with van der Waals surface area (Å²) in [4.78, 5) is 0. The molecule has 8 heteroatoms. The molecule has 15 heavy (non-hydrogen) atoms. The number of nitrogens with two attached hydrogens (primary N) is 1. The third-order valence-corrected chi connectivity index (χ3v) is 3.61. The number of hydrogen-bond acceptors (Lipinski definition) is 3. The Morgan fingerprint density at radius 3 is 2.27 bits per heavy atom. The van der Waals surface area contributed by atoms with Gasteiger partial charge in [0.1, 0.15) is 0 Å². The Labute approximate surface area is 88.8 Å². The van der Waals surface area contributed by atoms with Crippen LogP contribution >= 0.6 is 0 Å². The first kappa shape index (κ1) is 14.7. The molecular formula is C7H17F2N3O2S. The molecule has 0 rings (SSSR count). The van der Waals surface area contributed by atoms with Gasteiger partial charge in [0.05, 0.1) is 13.1 Å². The highest BCUT2D eigenvalue weighted by Crippen LogP contribution is 2.10. The van der Waals surface area contributed by atoms with Crippen LogP contribution in [0.2, 0.25) is 0 Å². The summed E-state index contributed by atoms with van der Waals surface area (Å²) in [7, 11) is -2.54. The fourth-order valence-electron chi connectivity index (χ4n) is 0.648. The van der Waals surface area contributed by atoms with Crippen molar-refractivity contribution in [3.05, 3.63) is 0 Å². The van der Waals surface area contributed by atoms with Crippen molar-refractivity contribution < 1.29 is 17.2 Å². The second-order valence-corrected chi connectivity index (χ2v) is 5.31. The van der Waals surface area contributed by atoms with Crippen molar-refractivity contribution >= 4 is 10.2 Å². The fourth-order valence-corrected chi connectivity index (χ4v) is 1.80. The highest BCUT2D eigenvalue weighted by atomic mass is 32.2. The first-order chi connectivity index (χ1) is 6.62. The van der Waals surface area contributed by atoms with Gasteiger partial charge in [0.15, 0.2) is 0 Å². The van der Waals surface area contributed by atoms with E-state index in [0.717, 1.165) is 4.31 Å². The second-order valence-electron chi connectivity index (χ2n) is 3.50. The average Bonchev–Trinajstić information content (AvgIpc) is 2.14. The van der Waals surface area contributed by atoms with Gasteiger partial charge in [-0.2, -0.15) is 17.4 Å². The van der Waals surface area contributed by atoms with E-state index in [-0.39, 0.29) is 6.04 Å². The Bertz CT molecular complexity index is 293. The molecular weight excluding hydrogens is 228 g/mol. The molecule has 0 radical (unpaired) electrons. The standard InChI is InChI=1S/C7H17F2N3O2S/c1-6(2)12(3)15(13,14)11-5-7(8,9)4-10/h6,11H,4-5,10H2,1-3H3. The van der Waals surface area contributed by atoms with Crippen LogP contribution in [0.4, 0.5) is 8.78 Å². The van der Waals surface area contributed by atoms with E-state index in [0.29, 0.717) is 0 Å². The Kier molecular flexibility index (Phi) is 5.04. The molecule has 5 nitrogen and oxygen atoms in total. The van der Waals surface area contributed by atoms with Crippen LogP contribution in [-0.4, -0.2) is 44.8 Å². The van der Waals surface area contributed by atoms with E-state index in [4.69, 9.17) is 5.73 Å². The normalized spacial score (nSPS) is 13.9. The zero-order valence-electron chi connectivity index (χ0n) is 9.00. The third-order valence-electron chi connectivity index (χ3n) is 1.92. The summed E-state index contributed by atoms with van der Waals surface area (Å²) in [5.41, 5.74) is 4.77. The SMILES string of the molecule is CC(C)N(C)S(=O)(=O)NCC(F)(F)CN. The van der Waals surface area contributed by atoms with E-state index in [1.165, 1.54) is 7.05 Å². The number of nitrogens with one attached hydrogen (secondary N) is 1. The molecule has 0 aromatic carbocycles. The summed E-state index contributed by atoms with van der Waals surface area (Å²) >= 11 is 0. The van der Waals surface area contributed by atoms with Crippen molar-refractivity contribution in [1.82, 2.24) is 9.03 Å². The van der Waals surface area contributed by atoms with Crippen LogP contribution in [0.25, 0.3) is 0 Å². The molecule has 3 N–H and O–H groups in total. The molecule has 0 aliphatic heterocycles. The van der Waals surface area contributed by atoms with Crippen molar-refractivity contribution in [2.24, 2.45) is 5.73 Å². The summed E-state index contributed by atoms with van der Waals surface area (Å²) in [6, 6.07) is -0.297. The van der Waals surface area contributed by atoms with Gasteiger partial charge in [0.2, 0.25) is 0 Å². The summed E-state index contributed by atoms with van der Waals surface area (Å²) in [6.07, 6.45) is 0. The Balaban J connectivity index is 4.42. The zero-order valence-corrected chi connectivity index (χ0v) is 9.81. The average molecular weight is 245 g/mol. The maximum atomic E-state index is 12.7. The topological polar surface area (TPSA) is 75.4 Å². The molecule has 0 amide bonds. The Morgan fingerprint density at radius 2 is 1.93 bits per heavy atom. The van der Waals surface area contributed by atoms with Crippen molar-refractivity contribution in [2.75, 3.05) is 20.1 Å². The lowest BCUT2D eigenvalue weighted by molar-refractivity contribution is 0.0166. The molecule has 0 heterocycles. The molecule has 0 fully saturated rings. The molecule has 0 aliphatic rings. The quantitative estimate of drug-likeness (QED) is 0.678. The van der Waals surface area contributed by atoms with E-state index < -0.39 is 29.2 Å². The zero-order chi connectivity index (χ0) is 12.3.